The van der Waals surface area contributed by atoms with E-state index in [9.17, 15) is 4.79 Å². The van der Waals surface area contributed by atoms with Gasteiger partial charge in [0, 0.05) is 19.1 Å². The summed E-state index contributed by atoms with van der Waals surface area (Å²) < 4.78 is 0. The number of rotatable bonds is 5. The lowest BCUT2D eigenvalue weighted by atomic mass is 9.98. The number of hydrogen-bond donors (Lipinski definition) is 2. The van der Waals surface area contributed by atoms with E-state index in [0.29, 0.717) is 6.54 Å². The van der Waals surface area contributed by atoms with Crippen LogP contribution < -0.4 is 10.6 Å². The number of amides is 1. The van der Waals surface area contributed by atoms with Gasteiger partial charge in [-0.15, -0.1) is 13.2 Å². The molecule has 2 unspecified atom stereocenters. The highest BCUT2D eigenvalue weighted by atomic mass is 16.2. The highest BCUT2D eigenvalue weighted by molar-refractivity contribution is 5.81. The Bertz CT molecular complexity index is 213. The molecule has 1 amide bonds. The summed E-state index contributed by atoms with van der Waals surface area (Å²) in [4.78, 5) is 11.3. The maximum absolute atomic E-state index is 11.3. The van der Waals surface area contributed by atoms with Crippen molar-refractivity contribution in [3.05, 3.63) is 25.3 Å². The van der Waals surface area contributed by atoms with Crippen molar-refractivity contribution in [1.29, 1.82) is 0 Å². The largest absolute Gasteiger partial charge is 0.356 e. The summed E-state index contributed by atoms with van der Waals surface area (Å²) in [6.07, 6.45) is 4.46. The van der Waals surface area contributed by atoms with Crippen LogP contribution in [0, 0.1) is 5.92 Å². The quantitative estimate of drug-likeness (QED) is 0.603. The third-order valence-corrected chi connectivity index (χ3v) is 2.28. The smallest absolute Gasteiger partial charge is 0.225 e. The van der Waals surface area contributed by atoms with Gasteiger partial charge in [0.25, 0.3) is 0 Å². The third-order valence-electron chi connectivity index (χ3n) is 2.28. The second-order valence-corrected chi connectivity index (χ2v) is 3.14. The normalized spacial score (nSPS) is 23.7. The van der Waals surface area contributed by atoms with Gasteiger partial charge in [0.1, 0.15) is 0 Å². The molecule has 72 valence electrons. The number of carbonyl (C=O) groups excluding carboxylic acids is 1. The van der Waals surface area contributed by atoms with Gasteiger partial charge in [0.05, 0.1) is 5.92 Å². The number of hydrogen-bond acceptors (Lipinski definition) is 2. The second kappa shape index (κ2) is 4.82. The first-order chi connectivity index (χ1) is 6.29. The minimum Gasteiger partial charge on any atom is -0.356 e. The number of carbonyl (C=O) groups is 1. The van der Waals surface area contributed by atoms with Gasteiger partial charge < -0.3 is 10.6 Å². The summed E-state index contributed by atoms with van der Waals surface area (Å²) in [5.74, 6) is 0.166. The van der Waals surface area contributed by atoms with Crippen LogP contribution in [0.2, 0.25) is 0 Å². The minimum absolute atomic E-state index is 0.0393. The molecule has 1 rings (SSSR count). The highest BCUT2D eigenvalue weighted by Gasteiger charge is 2.29. The van der Waals surface area contributed by atoms with E-state index < -0.39 is 0 Å². The summed E-state index contributed by atoms with van der Waals surface area (Å²) in [6.45, 7) is 8.82. The third kappa shape index (κ3) is 2.42. The molecule has 0 bridgehead atoms. The van der Waals surface area contributed by atoms with E-state index in [-0.39, 0.29) is 17.9 Å². The molecule has 1 fully saturated rings. The lowest BCUT2D eigenvalue weighted by molar-refractivity contribution is -0.122. The molecule has 0 aromatic heterocycles. The van der Waals surface area contributed by atoms with E-state index in [1.165, 1.54) is 0 Å². The summed E-state index contributed by atoms with van der Waals surface area (Å²) in [5.41, 5.74) is 0. The van der Waals surface area contributed by atoms with Crippen LogP contribution in [0.15, 0.2) is 25.3 Å². The molecule has 1 aliphatic heterocycles. The molecule has 0 saturated carbocycles. The van der Waals surface area contributed by atoms with E-state index in [0.717, 1.165) is 13.0 Å². The maximum atomic E-state index is 11.3. The van der Waals surface area contributed by atoms with Crippen molar-refractivity contribution in [3.8, 4) is 0 Å². The van der Waals surface area contributed by atoms with Gasteiger partial charge in [-0.25, -0.2) is 0 Å². The Labute approximate surface area is 78.9 Å². The molecule has 1 heterocycles. The van der Waals surface area contributed by atoms with E-state index in [1.807, 2.05) is 0 Å². The fraction of sp³-hybridized carbons (Fsp3) is 0.500. The van der Waals surface area contributed by atoms with E-state index in [1.54, 1.807) is 12.2 Å². The Morgan fingerprint density at radius 3 is 2.92 bits per heavy atom. The summed E-state index contributed by atoms with van der Waals surface area (Å²) >= 11 is 0. The van der Waals surface area contributed by atoms with Crippen molar-refractivity contribution in [3.63, 3.8) is 0 Å². The average Bonchev–Trinajstić information content (AvgIpc) is 2.54. The molecule has 0 aromatic carbocycles. The molecule has 1 saturated heterocycles. The Hall–Kier alpha value is -1.09. The predicted octanol–water partition coefficient (Wildman–Crippen LogP) is 0.453. The highest BCUT2D eigenvalue weighted by Crippen LogP contribution is 2.14. The molecule has 1 aliphatic rings. The van der Waals surface area contributed by atoms with Crippen LogP contribution in [0.1, 0.15) is 6.42 Å². The second-order valence-electron chi connectivity index (χ2n) is 3.14. The molecular weight excluding hydrogens is 164 g/mol. The minimum atomic E-state index is 0.0393. The molecule has 0 aliphatic carbocycles. The van der Waals surface area contributed by atoms with Crippen molar-refractivity contribution in [2.75, 3.05) is 13.1 Å². The molecule has 3 heteroatoms. The van der Waals surface area contributed by atoms with Crippen LogP contribution in [0.25, 0.3) is 0 Å². The van der Waals surface area contributed by atoms with Gasteiger partial charge in [-0.3, -0.25) is 4.79 Å². The fourth-order valence-electron chi connectivity index (χ4n) is 1.56. The van der Waals surface area contributed by atoms with E-state index in [4.69, 9.17) is 0 Å². The summed E-state index contributed by atoms with van der Waals surface area (Å²) in [5, 5.41) is 6.00. The van der Waals surface area contributed by atoms with Crippen LogP contribution in [-0.4, -0.2) is 25.0 Å². The topological polar surface area (TPSA) is 41.1 Å². The van der Waals surface area contributed by atoms with Crippen molar-refractivity contribution in [2.45, 2.75) is 12.5 Å². The monoisotopic (exact) mass is 180 g/mol. The zero-order chi connectivity index (χ0) is 9.68. The predicted molar refractivity (Wildman–Crippen MR) is 53.3 cm³/mol. The average molecular weight is 180 g/mol. The van der Waals surface area contributed by atoms with Crippen LogP contribution in [-0.2, 0) is 4.79 Å². The van der Waals surface area contributed by atoms with Crippen LogP contribution >= 0.6 is 0 Å². The van der Waals surface area contributed by atoms with Crippen molar-refractivity contribution in [1.82, 2.24) is 10.6 Å². The molecule has 0 spiro atoms. The van der Waals surface area contributed by atoms with Crippen LogP contribution in [0.3, 0.4) is 0 Å². The Morgan fingerprint density at radius 1 is 1.69 bits per heavy atom. The van der Waals surface area contributed by atoms with Gasteiger partial charge >= 0.3 is 0 Å². The van der Waals surface area contributed by atoms with E-state index >= 15 is 0 Å². The molecular formula is C10H16N2O. The van der Waals surface area contributed by atoms with Crippen LogP contribution in [0.4, 0.5) is 0 Å². The molecule has 2 N–H and O–H groups in total. The molecule has 2 atom stereocenters. The summed E-state index contributed by atoms with van der Waals surface area (Å²) in [7, 11) is 0. The Kier molecular flexibility index (Phi) is 3.71. The van der Waals surface area contributed by atoms with Gasteiger partial charge in [0.2, 0.25) is 5.91 Å². The Balaban J connectivity index is 2.49. The maximum Gasteiger partial charge on any atom is 0.225 e. The van der Waals surface area contributed by atoms with Gasteiger partial charge in [-0.2, -0.15) is 0 Å². The van der Waals surface area contributed by atoms with Crippen LogP contribution in [0.5, 0.6) is 0 Å². The van der Waals surface area contributed by atoms with E-state index in [2.05, 4.69) is 23.8 Å². The van der Waals surface area contributed by atoms with Crippen molar-refractivity contribution < 1.29 is 4.79 Å². The lowest BCUT2D eigenvalue weighted by Gasteiger charge is -2.18. The first-order valence-electron chi connectivity index (χ1n) is 4.54. The first-order valence-corrected chi connectivity index (χ1v) is 4.54. The lowest BCUT2D eigenvalue weighted by Crippen LogP contribution is -2.38. The zero-order valence-corrected chi connectivity index (χ0v) is 7.75. The fourth-order valence-corrected chi connectivity index (χ4v) is 1.56. The summed E-state index contributed by atoms with van der Waals surface area (Å²) in [6, 6.07) is 0.0699. The molecule has 3 nitrogen and oxygen atoms in total. The molecule has 13 heavy (non-hydrogen) atoms. The standard InChI is InChI=1S/C10H16N2O/c1-3-6-11-9(4-2)8-5-7-12-10(8)13/h3-4,8-9,11H,1-2,5-7H2,(H,12,13). The SMILES string of the molecule is C=CCNC(C=C)C1CCNC1=O. The van der Waals surface area contributed by atoms with Crippen molar-refractivity contribution >= 4 is 5.91 Å². The molecule has 0 radical (unpaired) electrons. The van der Waals surface area contributed by atoms with Gasteiger partial charge in [-0.05, 0) is 6.42 Å². The van der Waals surface area contributed by atoms with Crippen molar-refractivity contribution in [2.24, 2.45) is 5.92 Å². The molecule has 0 aromatic rings. The first kappa shape index (κ1) is 9.99. The number of nitrogens with one attached hydrogen (secondary N) is 2. The van der Waals surface area contributed by atoms with Gasteiger partial charge in [0.15, 0.2) is 0 Å². The van der Waals surface area contributed by atoms with Gasteiger partial charge in [-0.1, -0.05) is 12.2 Å². The zero-order valence-electron chi connectivity index (χ0n) is 7.75. The Morgan fingerprint density at radius 2 is 2.46 bits per heavy atom.